The number of nitrogens with two attached hydrogens (primary N) is 1. The van der Waals surface area contributed by atoms with Gasteiger partial charge in [-0.25, -0.2) is 4.79 Å². The maximum Gasteiger partial charge on any atom is 0.342 e. The zero-order valence-corrected chi connectivity index (χ0v) is 10.6. The van der Waals surface area contributed by atoms with Gasteiger partial charge in [0.05, 0.1) is 16.3 Å². The Balaban J connectivity index is 2.32. The molecule has 106 valence electrons. The van der Waals surface area contributed by atoms with Crippen molar-refractivity contribution >= 4 is 28.7 Å². The van der Waals surface area contributed by atoms with Crippen molar-refractivity contribution in [3.8, 4) is 0 Å². The molecule has 0 atom stereocenters. The van der Waals surface area contributed by atoms with Gasteiger partial charge in [-0.05, 0) is 36.4 Å². The van der Waals surface area contributed by atoms with Gasteiger partial charge in [-0.3, -0.25) is 10.1 Å². The number of aromatic carboxylic acids is 1. The van der Waals surface area contributed by atoms with Gasteiger partial charge in [0.25, 0.3) is 5.69 Å². The van der Waals surface area contributed by atoms with Gasteiger partial charge in [-0.1, -0.05) is 0 Å². The first-order chi connectivity index (χ1) is 9.97. The first-order valence-electron chi connectivity index (χ1n) is 5.76. The normalized spacial score (nSPS) is 10.7. The van der Waals surface area contributed by atoms with Gasteiger partial charge in [0.1, 0.15) is 5.56 Å². The molecule has 21 heavy (non-hydrogen) atoms. The average molecular weight is 286 g/mol. The molecule has 0 aliphatic carbocycles. The summed E-state index contributed by atoms with van der Waals surface area (Å²) < 4.78 is 0. The Morgan fingerprint density at radius 1 is 1.10 bits per heavy atom. The van der Waals surface area contributed by atoms with Crippen LogP contribution in [0, 0.1) is 10.1 Å². The lowest BCUT2D eigenvalue weighted by Gasteiger charge is -1.99. The lowest BCUT2D eigenvalue weighted by molar-refractivity contribution is -0.385. The first-order valence-corrected chi connectivity index (χ1v) is 5.76. The topological polar surface area (TPSA) is 131 Å². The van der Waals surface area contributed by atoms with Crippen LogP contribution in [0.3, 0.4) is 0 Å². The number of nitro benzene ring substituents is 1. The number of carboxylic acid groups (broad SMARTS) is 1. The summed E-state index contributed by atoms with van der Waals surface area (Å²) >= 11 is 0. The van der Waals surface area contributed by atoms with E-state index >= 15 is 0 Å². The van der Waals surface area contributed by atoms with E-state index < -0.39 is 22.1 Å². The number of hydrogen-bond acceptors (Lipinski definition) is 6. The summed E-state index contributed by atoms with van der Waals surface area (Å²) in [6.45, 7) is 0. The number of anilines is 1. The van der Waals surface area contributed by atoms with Crippen LogP contribution in [0.2, 0.25) is 0 Å². The summed E-state index contributed by atoms with van der Waals surface area (Å²) in [5, 5.41) is 27.4. The quantitative estimate of drug-likeness (QED) is 0.385. The number of rotatable bonds is 4. The molecule has 2 aromatic carbocycles. The maximum atomic E-state index is 11.0. The molecule has 0 aromatic heterocycles. The third kappa shape index (κ3) is 3.38. The van der Waals surface area contributed by atoms with Gasteiger partial charge in [0.2, 0.25) is 0 Å². The van der Waals surface area contributed by atoms with Crippen LogP contribution >= 0.6 is 0 Å². The molecule has 0 saturated carbocycles. The van der Waals surface area contributed by atoms with Crippen molar-refractivity contribution < 1.29 is 14.8 Å². The number of hydrogen-bond donors (Lipinski definition) is 2. The fourth-order valence-corrected chi connectivity index (χ4v) is 1.57. The van der Waals surface area contributed by atoms with E-state index in [1.165, 1.54) is 6.07 Å². The molecule has 0 aliphatic heterocycles. The SMILES string of the molecule is Nc1ccc(N=Nc2ccc([N+](=O)[O-])c(C(=O)O)c2)cc1. The zero-order chi connectivity index (χ0) is 15.4. The van der Waals surface area contributed by atoms with E-state index in [1.807, 2.05) is 0 Å². The average Bonchev–Trinajstić information content (AvgIpc) is 2.46. The number of azo groups is 1. The number of nitrogen functional groups attached to an aromatic ring is 1. The fraction of sp³-hybridized carbons (Fsp3) is 0. The Kier molecular flexibility index (Phi) is 3.89. The van der Waals surface area contributed by atoms with Crippen LogP contribution in [0.25, 0.3) is 0 Å². The molecule has 0 radical (unpaired) electrons. The van der Waals surface area contributed by atoms with E-state index in [4.69, 9.17) is 10.8 Å². The van der Waals surface area contributed by atoms with E-state index in [0.717, 1.165) is 12.1 Å². The highest BCUT2D eigenvalue weighted by Crippen LogP contribution is 2.26. The van der Waals surface area contributed by atoms with E-state index in [9.17, 15) is 14.9 Å². The number of carboxylic acids is 1. The van der Waals surface area contributed by atoms with Gasteiger partial charge in [0.15, 0.2) is 0 Å². The Morgan fingerprint density at radius 3 is 2.24 bits per heavy atom. The summed E-state index contributed by atoms with van der Waals surface area (Å²) in [7, 11) is 0. The predicted octanol–water partition coefficient (Wildman–Crippen LogP) is 3.29. The van der Waals surface area contributed by atoms with E-state index in [-0.39, 0.29) is 5.69 Å². The Bertz CT molecular complexity index is 725. The second kappa shape index (κ2) is 5.78. The largest absolute Gasteiger partial charge is 0.477 e. The summed E-state index contributed by atoms with van der Waals surface area (Å²) in [6, 6.07) is 10.1. The molecule has 8 heteroatoms. The second-order valence-electron chi connectivity index (χ2n) is 4.06. The van der Waals surface area contributed by atoms with E-state index in [1.54, 1.807) is 24.3 Å². The van der Waals surface area contributed by atoms with Crippen LogP contribution in [0.5, 0.6) is 0 Å². The lowest BCUT2D eigenvalue weighted by Crippen LogP contribution is -2.01. The fourth-order valence-electron chi connectivity index (χ4n) is 1.57. The molecule has 0 spiro atoms. The van der Waals surface area contributed by atoms with Gasteiger partial charge in [0, 0.05) is 11.8 Å². The highest BCUT2D eigenvalue weighted by atomic mass is 16.6. The molecule has 2 aromatic rings. The third-order valence-corrected chi connectivity index (χ3v) is 2.58. The van der Waals surface area contributed by atoms with Crippen molar-refractivity contribution in [3.05, 3.63) is 58.1 Å². The number of carbonyl (C=O) groups is 1. The van der Waals surface area contributed by atoms with E-state index in [0.29, 0.717) is 11.4 Å². The van der Waals surface area contributed by atoms with Crippen molar-refractivity contribution in [2.24, 2.45) is 10.2 Å². The molecule has 0 bridgehead atoms. The van der Waals surface area contributed by atoms with Crippen molar-refractivity contribution in [1.29, 1.82) is 0 Å². The summed E-state index contributed by atoms with van der Waals surface area (Å²) in [5.74, 6) is -1.40. The van der Waals surface area contributed by atoms with Crippen LogP contribution < -0.4 is 5.73 Å². The van der Waals surface area contributed by atoms with Gasteiger partial charge >= 0.3 is 5.97 Å². The smallest absolute Gasteiger partial charge is 0.342 e. The van der Waals surface area contributed by atoms with Crippen molar-refractivity contribution in [3.63, 3.8) is 0 Å². The van der Waals surface area contributed by atoms with Gasteiger partial charge < -0.3 is 10.8 Å². The molecule has 0 unspecified atom stereocenters. The molecule has 8 nitrogen and oxygen atoms in total. The zero-order valence-electron chi connectivity index (χ0n) is 10.6. The third-order valence-electron chi connectivity index (χ3n) is 2.58. The van der Waals surface area contributed by atoms with Crippen molar-refractivity contribution in [2.45, 2.75) is 0 Å². The molecule has 0 amide bonds. The Morgan fingerprint density at radius 2 is 1.67 bits per heavy atom. The maximum absolute atomic E-state index is 11.0. The highest BCUT2D eigenvalue weighted by Gasteiger charge is 2.19. The van der Waals surface area contributed by atoms with Crippen LogP contribution in [-0.2, 0) is 0 Å². The molecule has 0 fully saturated rings. The van der Waals surface area contributed by atoms with Crippen molar-refractivity contribution in [2.75, 3.05) is 5.73 Å². The Hall–Kier alpha value is -3.29. The minimum Gasteiger partial charge on any atom is -0.477 e. The molecular weight excluding hydrogens is 276 g/mol. The molecule has 2 rings (SSSR count). The lowest BCUT2D eigenvalue weighted by atomic mass is 10.1. The predicted molar refractivity (Wildman–Crippen MR) is 75.1 cm³/mol. The molecule has 0 aliphatic rings. The summed E-state index contributed by atoms with van der Waals surface area (Å²) in [6.07, 6.45) is 0. The highest BCUT2D eigenvalue weighted by molar-refractivity contribution is 5.93. The standard InChI is InChI=1S/C13H10N4O4/c14-8-1-3-9(4-2-8)15-16-10-5-6-12(17(20)21)11(7-10)13(18)19/h1-7H,14H2,(H,18,19). The van der Waals surface area contributed by atoms with Crippen LogP contribution in [0.1, 0.15) is 10.4 Å². The van der Waals surface area contributed by atoms with Crippen LogP contribution in [-0.4, -0.2) is 16.0 Å². The van der Waals surface area contributed by atoms with Crippen LogP contribution in [0.4, 0.5) is 22.7 Å². The minimum absolute atomic E-state index is 0.204. The van der Waals surface area contributed by atoms with Crippen LogP contribution in [0.15, 0.2) is 52.7 Å². The summed E-state index contributed by atoms with van der Waals surface area (Å²) in [5.41, 5.74) is 5.91. The van der Waals surface area contributed by atoms with Crippen molar-refractivity contribution in [1.82, 2.24) is 0 Å². The Labute approximate surface area is 118 Å². The molecular formula is C13H10N4O4. The first kappa shape index (κ1) is 14.1. The summed E-state index contributed by atoms with van der Waals surface area (Å²) in [4.78, 5) is 21.0. The number of nitro groups is 1. The molecule has 3 N–H and O–H groups in total. The second-order valence-corrected chi connectivity index (χ2v) is 4.06. The molecule has 0 saturated heterocycles. The minimum atomic E-state index is -1.40. The van der Waals surface area contributed by atoms with E-state index in [2.05, 4.69) is 10.2 Å². The number of nitrogens with zero attached hydrogens (tertiary/aromatic N) is 3. The van der Waals surface area contributed by atoms with Gasteiger partial charge in [-0.15, -0.1) is 0 Å². The number of benzene rings is 2. The molecule has 0 heterocycles. The van der Waals surface area contributed by atoms with Gasteiger partial charge in [-0.2, -0.15) is 10.2 Å². The monoisotopic (exact) mass is 286 g/mol.